The second-order valence-corrected chi connectivity index (χ2v) is 9.12. The average Bonchev–Trinajstić information content (AvgIpc) is 3.45. The number of nitrogens with zero attached hydrogens (tertiary/aromatic N) is 4. The summed E-state index contributed by atoms with van der Waals surface area (Å²) >= 11 is 0. The highest BCUT2D eigenvalue weighted by molar-refractivity contribution is 6.21. The van der Waals surface area contributed by atoms with E-state index >= 15 is 0 Å². The molecule has 198 valence electrons. The number of fused-ring (bicyclic) bond motifs is 1. The van der Waals surface area contributed by atoms with E-state index in [1.54, 1.807) is 54.3 Å². The van der Waals surface area contributed by atoms with Crippen LogP contribution in [0.4, 0.5) is 13.2 Å². The maximum atomic E-state index is 13.7. The molecule has 4 aromatic rings. The molecule has 1 aliphatic heterocycles. The molecule has 2 heterocycles. The number of carbonyl (C=O) groups excluding carboxylic acids is 3. The third-order valence-corrected chi connectivity index (χ3v) is 6.56. The molecule has 8 nitrogen and oxygen atoms in total. The molecule has 0 radical (unpaired) electrons. The first kappa shape index (κ1) is 25.8. The predicted octanol–water partition coefficient (Wildman–Crippen LogP) is 4.14. The van der Waals surface area contributed by atoms with Gasteiger partial charge in [-0.1, -0.05) is 47.7 Å². The minimum absolute atomic E-state index is 0.0639. The van der Waals surface area contributed by atoms with Crippen LogP contribution in [0.2, 0.25) is 0 Å². The number of rotatable bonds is 7. The number of imide groups is 1. The van der Waals surface area contributed by atoms with Gasteiger partial charge in [-0.05, 0) is 42.3 Å². The largest absolute Gasteiger partial charge is 0.416 e. The number of hydrogen-bond donors (Lipinski definition) is 1. The van der Waals surface area contributed by atoms with Crippen LogP contribution in [-0.4, -0.2) is 50.2 Å². The van der Waals surface area contributed by atoms with Crippen LogP contribution in [0.1, 0.15) is 42.2 Å². The van der Waals surface area contributed by atoms with Gasteiger partial charge in [0.2, 0.25) is 0 Å². The number of alkyl halides is 3. The van der Waals surface area contributed by atoms with Gasteiger partial charge in [0.1, 0.15) is 0 Å². The highest BCUT2D eigenvalue weighted by atomic mass is 19.4. The zero-order chi connectivity index (χ0) is 27.7. The van der Waals surface area contributed by atoms with Gasteiger partial charge in [0.15, 0.2) is 0 Å². The number of halogens is 3. The first-order valence-electron chi connectivity index (χ1n) is 12.0. The molecule has 0 aliphatic carbocycles. The highest BCUT2D eigenvalue weighted by Gasteiger charge is 2.38. The second-order valence-electron chi connectivity index (χ2n) is 9.12. The number of nitrogens with one attached hydrogen (secondary N) is 1. The van der Waals surface area contributed by atoms with E-state index in [4.69, 9.17) is 0 Å². The van der Waals surface area contributed by atoms with Crippen LogP contribution >= 0.6 is 0 Å². The van der Waals surface area contributed by atoms with E-state index in [9.17, 15) is 27.6 Å². The summed E-state index contributed by atoms with van der Waals surface area (Å²) in [5.41, 5.74) is 1.26. The summed E-state index contributed by atoms with van der Waals surface area (Å²) in [6, 6.07) is 16.9. The van der Waals surface area contributed by atoms with Crippen molar-refractivity contribution in [2.24, 2.45) is 7.05 Å². The van der Waals surface area contributed by atoms with Crippen LogP contribution in [0, 0.1) is 0 Å². The number of benzene rings is 3. The van der Waals surface area contributed by atoms with E-state index in [1.165, 1.54) is 30.3 Å². The van der Waals surface area contributed by atoms with Crippen molar-refractivity contribution in [3.63, 3.8) is 0 Å². The van der Waals surface area contributed by atoms with Gasteiger partial charge < -0.3 is 5.32 Å². The summed E-state index contributed by atoms with van der Waals surface area (Å²) in [4.78, 5) is 40.1. The van der Waals surface area contributed by atoms with Gasteiger partial charge in [-0.2, -0.15) is 13.2 Å². The van der Waals surface area contributed by atoms with Crippen molar-refractivity contribution in [1.82, 2.24) is 25.2 Å². The lowest BCUT2D eigenvalue weighted by Gasteiger charge is -2.25. The molecule has 1 aromatic heterocycles. The van der Waals surface area contributed by atoms with Gasteiger partial charge in [0.25, 0.3) is 17.7 Å². The van der Waals surface area contributed by atoms with E-state index in [1.807, 2.05) is 0 Å². The summed E-state index contributed by atoms with van der Waals surface area (Å²) in [6.45, 7) is -0.303. The molecule has 0 bridgehead atoms. The van der Waals surface area contributed by atoms with Gasteiger partial charge in [0.05, 0.1) is 34.6 Å². The molecule has 0 fully saturated rings. The van der Waals surface area contributed by atoms with Gasteiger partial charge in [0, 0.05) is 24.7 Å². The maximum absolute atomic E-state index is 13.7. The number of aromatic nitrogens is 3. The quantitative estimate of drug-likeness (QED) is 0.360. The predicted molar refractivity (Wildman–Crippen MR) is 135 cm³/mol. The molecule has 11 heteroatoms. The summed E-state index contributed by atoms with van der Waals surface area (Å²) in [7, 11) is 1.73. The van der Waals surface area contributed by atoms with E-state index in [0.717, 1.165) is 22.2 Å². The van der Waals surface area contributed by atoms with Crippen LogP contribution in [0.5, 0.6) is 0 Å². The van der Waals surface area contributed by atoms with Crippen molar-refractivity contribution in [2.75, 3.05) is 6.54 Å². The van der Waals surface area contributed by atoms with E-state index < -0.39 is 35.5 Å². The molecule has 0 saturated heterocycles. The molecular weight excluding hydrogens is 511 g/mol. The van der Waals surface area contributed by atoms with Gasteiger partial charge in [-0.25, -0.2) is 4.68 Å². The Kier molecular flexibility index (Phi) is 6.73. The Morgan fingerprint density at radius 3 is 2.13 bits per heavy atom. The molecule has 3 amide bonds. The molecule has 1 aliphatic rings. The SMILES string of the molecule is Cn1nncc1-c1ccc(C(=O)N[C@@H](Cc2ccccc2C(F)(F)F)CN2C(=O)c3ccccc3C2=O)cc1. The van der Waals surface area contributed by atoms with Crippen LogP contribution in [0.3, 0.4) is 0 Å². The van der Waals surface area contributed by atoms with Crippen molar-refractivity contribution < 1.29 is 27.6 Å². The molecule has 0 saturated carbocycles. The maximum Gasteiger partial charge on any atom is 0.416 e. The minimum atomic E-state index is -4.61. The standard InChI is InChI=1S/C28H22F3N5O3/c1-35-24(15-32-34-35)17-10-12-18(13-11-17)25(37)33-20(14-19-6-2-5-9-23(19)28(29,30)31)16-36-26(38)21-7-3-4-8-22(21)27(36)39/h2-13,15,20H,14,16H2,1H3,(H,33,37)/t20-/m0/s1. The van der Waals surface area contributed by atoms with Gasteiger partial charge in [-0.15, -0.1) is 5.10 Å². The first-order valence-corrected chi connectivity index (χ1v) is 12.0. The minimum Gasteiger partial charge on any atom is -0.347 e. The monoisotopic (exact) mass is 533 g/mol. The van der Waals surface area contributed by atoms with Crippen molar-refractivity contribution in [3.8, 4) is 11.3 Å². The fourth-order valence-corrected chi connectivity index (χ4v) is 4.64. The number of amides is 3. The molecular formula is C28H22F3N5O3. The normalized spacial score (nSPS) is 13.9. The molecule has 39 heavy (non-hydrogen) atoms. The smallest absolute Gasteiger partial charge is 0.347 e. The fraction of sp³-hybridized carbons (Fsp3) is 0.179. The molecule has 1 N–H and O–H groups in total. The zero-order valence-corrected chi connectivity index (χ0v) is 20.6. The lowest BCUT2D eigenvalue weighted by Crippen LogP contribution is -2.47. The lowest BCUT2D eigenvalue weighted by molar-refractivity contribution is -0.138. The third kappa shape index (κ3) is 5.15. The second kappa shape index (κ2) is 10.2. The molecule has 0 unspecified atom stereocenters. The Bertz CT molecular complexity index is 1530. The summed E-state index contributed by atoms with van der Waals surface area (Å²) in [5, 5.41) is 10.4. The number of aryl methyl sites for hydroxylation is 1. The Morgan fingerprint density at radius 1 is 0.923 bits per heavy atom. The van der Waals surface area contributed by atoms with Crippen LogP contribution < -0.4 is 5.32 Å². The van der Waals surface area contributed by atoms with Crippen molar-refractivity contribution in [1.29, 1.82) is 0 Å². The van der Waals surface area contributed by atoms with Crippen LogP contribution in [0.25, 0.3) is 11.3 Å². The van der Waals surface area contributed by atoms with Crippen molar-refractivity contribution >= 4 is 17.7 Å². The zero-order valence-electron chi connectivity index (χ0n) is 20.6. The topological polar surface area (TPSA) is 97.2 Å². The highest BCUT2D eigenvalue weighted by Crippen LogP contribution is 2.33. The Morgan fingerprint density at radius 2 is 1.54 bits per heavy atom. The van der Waals surface area contributed by atoms with Crippen molar-refractivity contribution in [3.05, 3.63) is 107 Å². The fourth-order valence-electron chi connectivity index (χ4n) is 4.64. The van der Waals surface area contributed by atoms with Crippen LogP contribution in [0.15, 0.2) is 79.0 Å². The summed E-state index contributed by atoms with van der Waals surface area (Å²) < 4.78 is 42.7. The van der Waals surface area contributed by atoms with Gasteiger partial charge >= 0.3 is 6.18 Å². The lowest BCUT2D eigenvalue weighted by atomic mass is 9.99. The Hall–Kier alpha value is -4.80. The molecule has 1 atom stereocenters. The Labute approximate surface area is 221 Å². The molecule has 3 aromatic carbocycles. The van der Waals surface area contributed by atoms with E-state index in [2.05, 4.69) is 15.6 Å². The first-order chi connectivity index (χ1) is 18.6. The summed E-state index contributed by atoms with van der Waals surface area (Å²) in [5.74, 6) is -1.68. The number of hydrogen-bond acceptors (Lipinski definition) is 5. The number of carbonyl (C=O) groups is 3. The van der Waals surface area contributed by atoms with E-state index in [0.29, 0.717) is 0 Å². The van der Waals surface area contributed by atoms with E-state index in [-0.39, 0.29) is 35.2 Å². The summed E-state index contributed by atoms with van der Waals surface area (Å²) in [6.07, 6.45) is -3.30. The Balaban J connectivity index is 1.42. The average molecular weight is 534 g/mol. The third-order valence-electron chi connectivity index (χ3n) is 6.56. The van der Waals surface area contributed by atoms with Gasteiger partial charge in [-0.3, -0.25) is 19.3 Å². The van der Waals surface area contributed by atoms with Crippen molar-refractivity contribution in [2.45, 2.75) is 18.6 Å². The molecule has 5 rings (SSSR count). The molecule has 0 spiro atoms. The van der Waals surface area contributed by atoms with Crippen LogP contribution in [-0.2, 0) is 19.6 Å².